The van der Waals surface area contributed by atoms with Gasteiger partial charge in [-0.15, -0.1) is 5.10 Å². The van der Waals surface area contributed by atoms with E-state index >= 15 is 0 Å². The highest BCUT2D eigenvalue weighted by Gasteiger charge is 2.40. The number of likely N-dealkylation sites (N-methyl/N-ethyl adjacent to an activating group) is 1. The van der Waals surface area contributed by atoms with E-state index in [0.717, 1.165) is 0 Å². The molecule has 0 unspecified atom stereocenters. The van der Waals surface area contributed by atoms with Gasteiger partial charge >= 0.3 is 5.97 Å². The molecule has 1 fully saturated rings. The topological polar surface area (TPSA) is 197 Å². The second kappa shape index (κ2) is 14.2. The average molecular weight is 565 g/mol. The zero-order chi connectivity index (χ0) is 29.4. The molecule has 4 amide bonds. The Balaban J connectivity index is 1.94. The van der Waals surface area contributed by atoms with Gasteiger partial charge in [0.2, 0.25) is 29.9 Å². The highest BCUT2D eigenvalue weighted by Crippen LogP contribution is 2.21. The number of aliphatic carboxylic acids is 1. The first-order valence-electron chi connectivity index (χ1n) is 13.7. The SMILES string of the molecule is CC[C@H](C)[C@@H]1NC(=O)[C@@H]2CCCN2C(=O)[C@@H](NC(=O)[C@H](C)NC)Cc2cn(nn2)CCCO[C@@H](C(=O)O)NC1=O. The number of carboxylic acid groups (broad SMARTS) is 1. The van der Waals surface area contributed by atoms with Crippen LogP contribution in [0, 0.1) is 5.92 Å². The van der Waals surface area contributed by atoms with Crippen molar-refractivity contribution in [3.8, 4) is 0 Å². The van der Waals surface area contributed by atoms with E-state index in [2.05, 4.69) is 31.6 Å². The minimum Gasteiger partial charge on any atom is -0.478 e. The van der Waals surface area contributed by atoms with Gasteiger partial charge in [0.05, 0.1) is 18.3 Å². The van der Waals surface area contributed by atoms with Crippen molar-refractivity contribution in [1.82, 2.24) is 41.2 Å². The van der Waals surface area contributed by atoms with Gasteiger partial charge < -0.3 is 36.0 Å². The number of fused-ring (bicyclic) bond motifs is 3. The van der Waals surface area contributed by atoms with Crippen LogP contribution in [0.25, 0.3) is 0 Å². The zero-order valence-corrected chi connectivity index (χ0v) is 23.4. The number of ether oxygens (including phenoxy) is 1. The summed E-state index contributed by atoms with van der Waals surface area (Å²) in [6.45, 7) is 5.93. The molecule has 1 saturated heterocycles. The Bertz CT molecular complexity index is 1080. The van der Waals surface area contributed by atoms with Crippen LogP contribution in [-0.4, -0.2) is 105 Å². The average Bonchev–Trinajstić information content (AvgIpc) is 3.60. The molecule has 222 valence electrons. The van der Waals surface area contributed by atoms with Crippen LogP contribution < -0.4 is 21.3 Å². The van der Waals surface area contributed by atoms with Crippen molar-refractivity contribution in [2.24, 2.45) is 5.92 Å². The quantitative estimate of drug-likeness (QED) is 0.268. The second-order valence-corrected chi connectivity index (χ2v) is 10.3. The molecule has 0 aliphatic carbocycles. The van der Waals surface area contributed by atoms with Gasteiger partial charge in [0.1, 0.15) is 18.1 Å². The highest BCUT2D eigenvalue weighted by molar-refractivity contribution is 5.95. The lowest BCUT2D eigenvalue weighted by Crippen LogP contribution is -2.59. The molecule has 0 spiro atoms. The number of carboxylic acids is 1. The third-order valence-electron chi connectivity index (χ3n) is 7.39. The molecule has 3 rings (SSSR count). The summed E-state index contributed by atoms with van der Waals surface area (Å²) in [5.41, 5.74) is 0.463. The van der Waals surface area contributed by atoms with E-state index in [1.165, 1.54) is 9.58 Å². The van der Waals surface area contributed by atoms with E-state index in [0.29, 0.717) is 44.5 Å². The molecule has 6 atom stereocenters. The van der Waals surface area contributed by atoms with E-state index in [1.807, 2.05) is 6.92 Å². The summed E-state index contributed by atoms with van der Waals surface area (Å²) < 4.78 is 6.95. The Morgan fingerprint density at radius 1 is 1.18 bits per heavy atom. The number of hydrogen-bond donors (Lipinski definition) is 5. The van der Waals surface area contributed by atoms with Crippen molar-refractivity contribution >= 4 is 29.6 Å². The van der Waals surface area contributed by atoms with Crippen molar-refractivity contribution in [3.63, 3.8) is 0 Å². The molecular formula is C25H40N8O7. The minimum absolute atomic E-state index is 0.00288. The lowest BCUT2D eigenvalue weighted by molar-refractivity contribution is -0.156. The second-order valence-electron chi connectivity index (χ2n) is 10.3. The van der Waals surface area contributed by atoms with Crippen molar-refractivity contribution in [3.05, 3.63) is 11.9 Å². The number of carbonyl (C=O) groups is 5. The lowest BCUT2D eigenvalue weighted by atomic mass is 9.97. The van der Waals surface area contributed by atoms with Crippen molar-refractivity contribution < 1.29 is 33.8 Å². The molecule has 40 heavy (non-hydrogen) atoms. The maximum absolute atomic E-state index is 13.8. The molecule has 0 saturated carbocycles. The molecule has 0 aromatic carbocycles. The van der Waals surface area contributed by atoms with Crippen molar-refractivity contribution in [2.75, 3.05) is 20.2 Å². The Hall–Kier alpha value is -3.59. The van der Waals surface area contributed by atoms with Gasteiger partial charge in [-0.25, -0.2) is 4.79 Å². The smallest absolute Gasteiger partial charge is 0.354 e. The molecule has 15 nitrogen and oxygen atoms in total. The Morgan fingerprint density at radius 2 is 1.93 bits per heavy atom. The first-order chi connectivity index (χ1) is 19.0. The van der Waals surface area contributed by atoms with E-state index in [1.54, 1.807) is 27.1 Å². The predicted molar refractivity (Wildman–Crippen MR) is 140 cm³/mol. The van der Waals surface area contributed by atoms with Crippen LogP contribution in [-0.2, 0) is 41.7 Å². The number of nitrogens with zero attached hydrogens (tertiary/aromatic N) is 4. The third-order valence-corrected chi connectivity index (χ3v) is 7.39. The number of nitrogens with one attached hydrogen (secondary N) is 4. The number of aryl methyl sites for hydroxylation is 1. The largest absolute Gasteiger partial charge is 0.478 e. The third kappa shape index (κ3) is 7.75. The molecule has 1 aromatic rings. The van der Waals surface area contributed by atoms with Crippen molar-refractivity contribution in [1.29, 1.82) is 0 Å². The van der Waals surface area contributed by atoms with Crippen LogP contribution in [0.5, 0.6) is 0 Å². The van der Waals surface area contributed by atoms with E-state index in [4.69, 9.17) is 4.74 Å². The monoisotopic (exact) mass is 564 g/mol. The summed E-state index contributed by atoms with van der Waals surface area (Å²) in [6, 6.07) is -3.46. The summed E-state index contributed by atoms with van der Waals surface area (Å²) in [5, 5.41) is 28.5. The lowest BCUT2D eigenvalue weighted by Gasteiger charge is -2.31. The number of aromatic nitrogens is 3. The van der Waals surface area contributed by atoms with E-state index in [-0.39, 0.29) is 24.9 Å². The number of hydrogen-bond acceptors (Lipinski definition) is 9. The first kappa shape index (κ1) is 30.9. The Labute approximate surface area is 232 Å². The summed E-state index contributed by atoms with van der Waals surface area (Å²) in [5.74, 6) is -3.74. The van der Waals surface area contributed by atoms with Crippen LogP contribution in [0.1, 0.15) is 52.1 Å². The van der Waals surface area contributed by atoms with Crippen LogP contribution in [0.2, 0.25) is 0 Å². The van der Waals surface area contributed by atoms with Gasteiger partial charge in [-0.2, -0.15) is 0 Å². The molecule has 0 radical (unpaired) electrons. The van der Waals surface area contributed by atoms with Gasteiger partial charge in [-0.1, -0.05) is 25.5 Å². The molecule has 2 bridgehead atoms. The minimum atomic E-state index is -1.60. The fourth-order valence-electron chi connectivity index (χ4n) is 4.65. The zero-order valence-electron chi connectivity index (χ0n) is 23.4. The van der Waals surface area contributed by atoms with Gasteiger partial charge in [0.25, 0.3) is 0 Å². The maximum Gasteiger partial charge on any atom is 0.354 e. The van der Waals surface area contributed by atoms with Crippen LogP contribution in [0.3, 0.4) is 0 Å². The summed E-state index contributed by atoms with van der Waals surface area (Å²) >= 11 is 0. The van der Waals surface area contributed by atoms with Crippen LogP contribution >= 0.6 is 0 Å². The molecule has 3 heterocycles. The fraction of sp³-hybridized carbons (Fsp3) is 0.720. The molecule has 2 aliphatic rings. The summed E-state index contributed by atoms with van der Waals surface area (Å²) in [6.07, 6.45) is 1.91. The number of rotatable bonds is 6. The molecule has 5 N–H and O–H groups in total. The molecule has 1 aromatic heterocycles. The molecule has 15 heteroatoms. The summed E-state index contributed by atoms with van der Waals surface area (Å²) in [7, 11) is 1.63. The maximum atomic E-state index is 13.8. The van der Waals surface area contributed by atoms with Gasteiger partial charge in [-0.05, 0) is 39.2 Å². The normalized spacial score (nSPS) is 26.5. The first-order valence-corrected chi connectivity index (χ1v) is 13.7. The Morgan fingerprint density at radius 3 is 2.60 bits per heavy atom. The Kier molecular flexibility index (Phi) is 11.0. The summed E-state index contributed by atoms with van der Waals surface area (Å²) in [4.78, 5) is 66.3. The highest BCUT2D eigenvalue weighted by atomic mass is 16.5. The van der Waals surface area contributed by atoms with Gasteiger partial charge in [0, 0.05) is 25.7 Å². The van der Waals surface area contributed by atoms with E-state index in [9.17, 15) is 29.1 Å². The van der Waals surface area contributed by atoms with E-state index < -0.39 is 54.1 Å². The van der Waals surface area contributed by atoms with Gasteiger partial charge in [-0.3, -0.25) is 23.9 Å². The standard InChI is InChI=1S/C25H40N8O7/c1-5-14(2)19-22(36)29-23(25(38)39)40-11-7-9-32-13-16(30-31-32)12-17(27-20(34)15(3)26-4)24(37)33-10-6-8-18(33)21(35)28-19/h13-15,17-19,23,26H,5-12H2,1-4H3,(H,27,34)(H,28,35)(H,29,36)(H,38,39)/t14-,15-,17-,18-,19-,23-/m0/s1. The van der Waals surface area contributed by atoms with Gasteiger partial charge in [0.15, 0.2) is 0 Å². The predicted octanol–water partition coefficient (Wildman–Crippen LogP) is -1.62. The molecule has 2 aliphatic heterocycles. The van der Waals surface area contributed by atoms with Crippen molar-refractivity contribution in [2.45, 2.75) is 89.8 Å². The molecular weight excluding hydrogens is 524 g/mol. The number of amides is 4. The number of carbonyl (C=O) groups excluding carboxylic acids is 4. The fourth-order valence-corrected chi connectivity index (χ4v) is 4.65. The van der Waals surface area contributed by atoms with Crippen LogP contribution in [0.4, 0.5) is 0 Å². The van der Waals surface area contributed by atoms with Crippen LogP contribution in [0.15, 0.2) is 6.20 Å².